The Morgan fingerprint density at radius 2 is 1.97 bits per heavy atom. The average molecular weight is 539 g/mol. The van der Waals surface area contributed by atoms with Gasteiger partial charge in [0.15, 0.2) is 5.96 Å². The van der Waals surface area contributed by atoms with Gasteiger partial charge in [0.1, 0.15) is 23.3 Å². The first-order valence-electron chi connectivity index (χ1n) is 10.5. The first-order chi connectivity index (χ1) is 14.5. The highest BCUT2D eigenvalue weighted by Crippen LogP contribution is 2.23. The lowest BCUT2D eigenvalue weighted by molar-refractivity contribution is 0.329. The Morgan fingerprint density at radius 1 is 1.29 bits per heavy atom. The molecule has 1 aromatic carbocycles. The number of nitrogens with one attached hydrogen (secondary N) is 2. The van der Waals surface area contributed by atoms with Gasteiger partial charge in [0.05, 0.1) is 11.4 Å². The van der Waals surface area contributed by atoms with Crippen LogP contribution >= 0.6 is 24.0 Å². The van der Waals surface area contributed by atoms with Crippen LogP contribution in [0.15, 0.2) is 29.3 Å². The van der Waals surface area contributed by atoms with E-state index in [1.54, 1.807) is 19.2 Å². The van der Waals surface area contributed by atoms with E-state index in [0.29, 0.717) is 36.0 Å². The third kappa shape index (κ3) is 6.56. The molecule has 0 saturated heterocycles. The molecule has 1 heterocycles. The second kappa shape index (κ2) is 11.9. The van der Waals surface area contributed by atoms with E-state index >= 15 is 0 Å². The summed E-state index contributed by atoms with van der Waals surface area (Å²) in [5, 5.41) is 20.8. The number of nitrogens with zero attached hydrogens (tertiary/aromatic N) is 4. The Kier molecular flexibility index (Phi) is 9.55. The summed E-state index contributed by atoms with van der Waals surface area (Å²) in [6.45, 7) is 3.01. The Labute approximate surface area is 200 Å². The van der Waals surface area contributed by atoms with Crippen LogP contribution < -0.4 is 16.4 Å². The van der Waals surface area contributed by atoms with Gasteiger partial charge in [-0.25, -0.2) is 9.07 Å². The SMILES string of the molecule is CN=C(NCCCc1nn(-c2ccc(F)cc2)c(N)c1C#N)NC1CCC(C)CC1.I. The molecule has 1 fully saturated rings. The maximum Gasteiger partial charge on any atom is 0.191 e. The van der Waals surface area contributed by atoms with Crippen molar-refractivity contribution in [2.45, 2.75) is 51.5 Å². The molecule has 0 aliphatic heterocycles. The fraction of sp³-hybridized carbons (Fsp3) is 0.500. The third-order valence-corrected chi connectivity index (χ3v) is 5.64. The van der Waals surface area contributed by atoms with Crippen LogP contribution in [0.2, 0.25) is 0 Å². The Hall–Kier alpha value is -2.35. The number of halogens is 2. The third-order valence-electron chi connectivity index (χ3n) is 5.64. The molecule has 9 heteroatoms. The molecule has 1 aromatic heterocycles. The number of anilines is 1. The van der Waals surface area contributed by atoms with Gasteiger partial charge >= 0.3 is 0 Å². The number of benzene rings is 1. The minimum Gasteiger partial charge on any atom is -0.382 e. The number of nitriles is 1. The first-order valence-corrected chi connectivity index (χ1v) is 10.5. The van der Waals surface area contributed by atoms with Crippen molar-refractivity contribution in [2.24, 2.45) is 10.9 Å². The summed E-state index contributed by atoms with van der Waals surface area (Å²) in [4.78, 5) is 4.32. The van der Waals surface area contributed by atoms with Crippen LogP contribution in [0.3, 0.4) is 0 Å². The molecule has 4 N–H and O–H groups in total. The van der Waals surface area contributed by atoms with E-state index in [4.69, 9.17) is 5.73 Å². The minimum atomic E-state index is -0.332. The highest BCUT2D eigenvalue weighted by atomic mass is 127. The van der Waals surface area contributed by atoms with Crippen molar-refractivity contribution < 1.29 is 4.39 Å². The molecule has 1 saturated carbocycles. The van der Waals surface area contributed by atoms with Gasteiger partial charge in [0.2, 0.25) is 0 Å². The summed E-state index contributed by atoms with van der Waals surface area (Å²) < 4.78 is 14.7. The first kappa shape index (κ1) is 24.9. The number of guanidine groups is 1. The van der Waals surface area contributed by atoms with E-state index in [9.17, 15) is 9.65 Å². The number of hydrogen-bond acceptors (Lipinski definition) is 4. The maximum absolute atomic E-state index is 13.2. The van der Waals surface area contributed by atoms with Crippen molar-refractivity contribution in [2.75, 3.05) is 19.3 Å². The van der Waals surface area contributed by atoms with E-state index < -0.39 is 0 Å². The van der Waals surface area contributed by atoms with E-state index in [-0.39, 0.29) is 35.6 Å². The summed E-state index contributed by atoms with van der Waals surface area (Å²) in [6.07, 6.45) is 6.23. The Bertz CT molecular complexity index is 909. The molecule has 0 amide bonds. The number of rotatable bonds is 6. The zero-order valence-corrected chi connectivity index (χ0v) is 20.4. The predicted octanol–water partition coefficient (Wildman–Crippen LogP) is 3.76. The van der Waals surface area contributed by atoms with Crippen molar-refractivity contribution in [1.82, 2.24) is 20.4 Å². The van der Waals surface area contributed by atoms with E-state index in [0.717, 1.165) is 18.3 Å². The van der Waals surface area contributed by atoms with Gasteiger partial charge < -0.3 is 16.4 Å². The van der Waals surface area contributed by atoms with Crippen molar-refractivity contribution in [3.63, 3.8) is 0 Å². The van der Waals surface area contributed by atoms with E-state index in [1.165, 1.54) is 42.5 Å². The molecule has 7 nitrogen and oxygen atoms in total. The van der Waals surface area contributed by atoms with Gasteiger partial charge in [0, 0.05) is 19.6 Å². The molecule has 2 aromatic rings. The molecule has 1 aliphatic rings. The van der Waals surface area contributed by atoms with Crippen LogP contribution in [-0.2, 0) is 6.42 Å². The largest absolute Gasteiger partial charge is 0.382 e. The minimum absolute atomic E-state index is 0. The summed E-state index contributed by atoms with van der Waals surface area (Å²) in [5.74, 6) is 1.57. The number of aryl methyl sites for hydroxylation is 1. The number of hydrogen-bond donors (Lipinski definition) is 3. The molecule has 168 valence electrons. The summed E-state index contributed by atoms with van der Waals surface area (Å²) in [6, 6.07) is 8.49. The molecule has 0 spiro atoms. The molecule has 3 rings (SSSR count). The van der Waals surface area contributed by atoms with Gasteiger partial charge in [-0.05, 0) is 68.7 Å². The van der Waals surface area contributed by atoms with Crippen molar-refractivity contribution in [1.29, 1.82) is 5.26 Å². The summed E-state index contributed by atoms with van der Waals surface area (Å²) in [7, 11) is 1.78. The zero-order valence-electron chi connectivity index (χ0n) is 18.1. The average Bonchev–Trinajstić information content (AvgIpc) is 3.07. The highest BCUT2D eigenvalue weighted by Gasteiger charge is 2.19. The quantitative estimate of drug-likeness (QED) is 0.225. The fourth-order valence-electron chi connectivity index (χ4n) is 3.81. The monoisotopic (exact) mass is 539 g/mol. The van der Waals surface area contributed by atoms with Crippen LogP contribution in [0, 0.1) is 23.1 Å². The summed E-state index contributed by atoms with van der Waals surface area (Å²) >= 11 is 0. The lowest BCUT2D eigenvalue weighted by Gasteiger charge is -2.28. The Morgan fingerprint density at radius 3 is 2.58 bits per heavy atom. The topological polar surface area (TPSA) is 104 Å². The van der Waals surface area contributed by atoms with Crippen LogP contribution in [0.1, 0.15) is 50.3 Å². The molecular weight excluding hydrogens is 508 g/mol. The molecule has 0 unspecified atom stereocenters. The molecule has 0 atom stereocenters. The Balaban J connectivity index is 0.00000341. The summed E-state index contributed by atoms with van der Waals surface area (Å²) in [5.41, 5.74) is 7.76. The lowest BCUT2D eigenvalue weighted by atomic mass is 9.87. The van der Waals surface area contributed by atoms with E-state index in [1.807, 2.05) is 0 Å². The van der Waals surface area contributed by atoms with Crippen LogP contribution in [0.25, 0.3) is 5.69 Å². The van der Waals surface area contributed by atoms with E-state index in [2.05, 4.69) is 33.7 Å². The molecule has 1 aliphatic carbocycles. The maximum atomic E-state index is 13.2. The van der Waals surface area contributed by atoms with Crippen molar-refractivity contribution in [3.05, 3.63) is 41.3 Å². The molecule has 31 heavy (non-hydrogen) atoms. The lowest BCUT2D eigenvalue weighted by Crippen LogP contribution is -2.45. The zero-order chi connectivity index (χ0) is 21.5. The van der Waals surface area contributed by atoms with Gasteiger partial charge in [-0.15, -0.1) is 24.0 Å². The number of nitrogens with two attached hydrogens (primary N) is 1. The second-order valence-electron chi connectivity index (χ2n) is 7.91. The van der Waals surface area contributed by atoms with Crippen LogP contribution in [-0.4, -0.2) is 35.4 Å². The van der Waals surface area contributed by atoms with Crippen LogP contribution in [0.5, 0.6) is 0 Å². The smallest absolute Gasteiger partial charge is 0.191 e. The van der Waals surface area contributed by atoms with Gasteiger partial charge in [0.25, 0.3) is 0 Å². The molecular formula is C22H31FIN7. The van der Waals surface area contributed by atoms with Gasteiger partial charge in [-0.3, -0.25) is 4.99 Å². The molecule has 0 radical (unpaired) electrons. The van der Waals surface area contributed by atoms with Crippen LogP contribution in [0.4, 0.5) is 10.2 Å². The number of nitrogen functional groups attached to an aromatic ring is 1. The van der Waals surface area contributed by atoms with Gasteiger partial charge in [-0.2, -0.15) is 10.4 Å². The normalized spacial score (nSPS) is 18.7. The number of aliphatic imine (C=N–C) groups is 1. The van der Waals surface area contributed by atoms with Crippen molar-refractivity contribution in [3.8, 4) is 11.8 Å². The highest BCUT2D eigenvalue weighted by molar-refractivity contribution is 14.0. The van der Waals surface area contributed by atoms with Crippen molar-refractivity contribution >= 4 is 35.8 Å². The fourth-order valence-corrected chi connectivity index (χ4v) is 3.81. The standard InChI is InChI=1S/C22H30FN7.HI/c1-15-5-9-17(10-6-15)28-22(26-2)27-13-3-4-20-19(14-24)21(25)30(29-20)18-11-7-16(23)8-12-18;/h7-8,11-12,15,17H,3-6,9-10,13,25H2,1-2H3,(H2,26,27,28);1H. The molecule has 0 bridgehead atoms. The number of aromatic nitrogens is 2. The van der Waals surface area contributed by atoms with Gasteiger partial charge in [-0.1, -0.05) is 6.92 Å². The second-order valence-corrected chi connectivity index (χ2v) is 7.91. The predicted molar refractivity (Wildman–Crippen MR) is 132 cm³/mol.